The molecule has 20 heavy (non-hydrogen) atoms. The van der Waals surface area contributed by atoms with Gasteiger partial charge in [0.25, 0.3) is 0 Å². The first-order chi connectivity index (χ1) is 9.04. The number of hydrogen-bond acceptors (Lipinski definition) is 3. The Morgan fingerprint density at radius 3 is 2.45 bits per heavy atom. The molecule has 0 saturated heterocycles. The molecule has 1 atom stereocenters. The van der Waals surface area contributed by atoms with Crippen LogP contribution in [0.1, 0.15) is 24.2 Å². The van der Waals surface area contributed by atoms with Crippen LogP contribution in [-0.4, -0.2) is 55.3 Å². The summed E-state index contributed by atoms with van der Waals surface area (Å²) in [5.74, 6) is 0.527. The maximum absolute atomic E-state index is 10.8. The fourth-order valence-corrected chi connectivity index (χ4v) is 1.94. The number of benzene rings is 1. The molecule has 0 bridgehead atoms. The minimum Gasteiger partial charge on any atom is -1.00 e. The molecule has 114 valence electrons. The van der Waals surface area contributed by atoms with Crippen LogP contribution in [0.3, 0.4) is 0 Å². The lowest BCUT2D eigenvalue weighted by molar-refractivity contribution is -0.909. The third-order valence-corrected chi connectivity index (χ3v) is 3.66. The molecule has 0 aliphatic rings. The lowest BCUT2D eigenvalue weighted by Crippen LogP contribution is -3.00. The molecular formula is C15H24INO3. The summed E-state index contributed by atoms with van der Waals surface area (Å²) in [5, 5.41) is 10.0. The van der Waals surface area contributed by atoms with Crippen LogP contribution >= 0.6 is 0 Å². The average Bonchev–Trinajstić information content (AvgIpc) is 2.45. The molecule has 0 radical (unpaired) electrons. The van der Waals surface area contributed by atoms with Gasteiger partial charge >= 0.3 is 0 Å². The highest BCUT2D eigenvalue weighted by atomic mass is 127. The number of rotatable bonds is 8. The van der Waals surface area contributed by atoms with E-state index in [0.29, 0.717) is 17.9 Å². The van der Waals surface area contributed by atoms with Crippen LogP contribution in [0.2, 0.25) is 0 Å². The highest BCUT2D eigenvalue weighted by molar-refractivity contribution is 5.79. The van der Waals surface area contributed by atoms with Gasteiger partial charge in [-0.05, 0) is 26.0 Å². The van der Waals surface area contributed by atoms with Gasteiger partial charge in [-0.1, -0.05) is 12.1 Å². The number of ether oxygens (including phenoxy) is 1. The summed E-state index contributed by atoms with van der Waals surface area (Å²) in [7, 11) is 2.11. The Balaban J connectivity index is 0.00000361. The van der Waals surface area contributed by atoms with Gasteiger partial charge in [-0.2, -0.15) is 0 Å². The summed E-state index contributed by atoms with van der Waals surface area (Å²) >= 11 is 0. The summed E-state index contributed by atoms with van der Waals surface area (Å²) in [4.78, 5) is 10.8. The van der Waals surface area contributed by atoms with E-state index in [2.05, 4.69) is 20.9 Å². The maximum Gasteiger partial charge on any atom is 0.153 e. The van der Waals surface area contributed by atoms with E-state index in [9.17, 15) is 9.90 Å². The zero-order valence-corrected chi connectivity index (χ0v) is 14.5. The number of aldehydes is 1. The van der Waals surface area contributed by atoms with Gasteiger partial charge in [-0.25, -0.2) is 0 Å². The van der Waals surface area contributed by atoms with Gasteiger partial charge in [-0.3, -0.25) is 4.79 Å². The number of carbonyl (C=O) groups excluding carboxylic acids is 1. The van der Waals surface area contributed by atoms with Crippen molar-refractivity contribution in [2.75, 3.05) is 33.3 Å². The van der Waals surface area contributed by atoms with Crippen LogP contribution in [0, 0.1) is 0 Å². The Kier molecular flexibility index (Phi) is 9.00. The molecule has 0 aliphatic carbocycles. The monoisotopic (exact) mass is 393 g/mol. The second kappa shape index (κ2) is 9.31. The smallest absolute Gasteiger partial charge is 0.153 e. The molecule has 0 aliphatic heterocycles. The number of nitrogens with zero attached hydrogens (tertiary/aromatic N) is 1. The fourth-order valence-electron chi connectivity index (χ4n) is 1.94. The minimum absolute atomic E-state index is 0. The number of carbonyl (C=O) groups is 1. The third kappa shape index (κ3) is 5.76. The van der Waals surface area contributed by atoms with Crippen LogP contribution in [0.25, 0.3) is 0 Å². The second-order valence-electron chi connectivity index (χ2n) is 5.06. The van der Waals surface area contributed by atoms with Gasteiger partial charge in [0.1, 0.15) is 25.0 Å². The summed E-state index contributed by atoms with van der Waals surface area (Å²) in [6, 6.07) is 7.04. The Morgan fingerprint density at radius 1 is 1.30 bits per heavy atom. The zero-order valence-electron chi connectivity index (χ0n) is 12.4. The summed E-state index contributed by atoms with van der Waals surface area (Å²) in [6.45, 7) is 7.02. The van der Waals surface area contributed by atoms with Crippen molar-refractivity contribution in [1.82, 2.24) is 0 Å². The number of para-hydroxylation sites is 1. The average molecular weight is 393 g/mol. The van der Waals surface area contributed by atoms with Gasteiger partial charge in [0.15, 0.2) is 6.29 Å². The minimum atomic E-state index is -0.537. The zero-order chi connectivity index (χ0) is 14.3. The van der Waals surface area contributed by atoms with Crippen molar-refractivity contribution in [2.24, 2.45) is 0 Å². The van der Waals surface area contributed by atoms with Crippen molar-refractivity contribution in [2.45, 2.75) is 20.0 Å². The molecule has 1 rings (SSSR count). The molecule has 0 amide bonds. The largest absolute Gasteiger partial charge is 1.00 e. The molecule has 0 aromatic heterocycles. The maximum atomic E-state index is 10.8. The Hall–Kier alpha value is -0.660. The molecular weight excluding hydrogens is 369 g/mol. The van der Waals surface area contributed by atoms with E-state index >= 15 is 0 Å². The first-order valence-corrected chi connectivity index (χ1v) is 6.73. The first-order valence-electron chi connectivity index (χ1n) is 6.73. The topological polar surface area (TPSA) is 46.5 Å². The van der Waals surface area contributed by atoms with E-state index in [0.717, 1.165) is 23.9 Å². The number of likely N-dealkylation sites (N-methyl/N-ethyl adjacent to an activating group) is 1. The van der Waals surface area contributed by atoms with Crippen LogP contribution in [-0.2, 0) is 0 Å². The molecule has 5 heteroatoms. The SMILES string of the molecule is CC[N+](C)(CC)CC(O)COc1ccccc1C=O.[I-]. The number of aliphatic hydroxyl groups is 1. The highest BCUT2D eigenvalue weighted by Crippen LogP contribution is 2.16. The number of halogens is 1. The van der Waals surface area contributed by atoms with Crippen molar-refractivity contribution in [3.8, 4) is 5.75 Å². The molecule has 1 N–H and O–H groups in total. The third-order valence-electron chi connectivity index (χ3n) is 3.66. The molecule has 1 aromatic rings. The predicted molar refractivity (Wildman–Crippen MR) is 75.5 cm³/mol. The molecule has 0 fully saturated rings. The normalized spacial score (nSPS) is 12.4. The van der Waals surface area contributed by atoms with Gasteiger partial charge in [0, 0.05) is 0 Å². The van der Waals surface area contributed by atoms with Crippen LogP contribution in [0.5, 0.6) is 5.75 Å². The van der Waals surface area contributed by atoms with Gasteiger partial charge in [0.2, 0.25) is 0 Å². The molecule has 0 spiro atoms. The van der Waals surface area contributed by atoms with E-state index in [4.69, 9.17) is 4.74 Å². The van der Waals surface area contributed by atoms with Gasteiger partial charge in [0.05, 0.1) is 25.7 Å². The van der Waals surface area contributed by atoms with Crippen LogP contribution in [0.15, 0.2) is 24.3 Å². The summed E-state index contributed by atoms with van der Waals surface area (Å²) in [5.41, 5.74) is 0.512. The van der Waals surface area contributed by atoms with Crippen LogP contribution in [0.4, 0.5) is 0 Å². The van der Waals surface area contributed by atoms with Crippen molar-refractivity contribution in [3.05, 3.63) is 29.8 Å². The van der Waals surface area contributed by atoms with Crippen molar-refractivity contribution >= 4 is 6.29 Å². The van der Waals surface area contributed by atoms with E-state index in [1.54, 1.807) is 18.2 Å². The number of hydrogen-bond donors (Lipinski definition) is 1. The summed E-state index contributed by atoms with van der Waals surface area (Å²) in [6.07, 6.45) is 0.226. The van der Waals surface area contributed by atoms with E-state index in [1.807, 2.05) is 6.07 Å². The van der Waals surface area contributed by atoms with Gasteiger partial charge < -0.3 is 38.3 Å². The van der Waals surface area contributed by atoms with E-state index in [1.165, 1.54) is 0 Å². The second-order valence-corrected chi connectivity index (χ2v) is 5.06. The van der Waals surface area contributed by atoms with Crippen molar-refractivity contribution in [3.63, 3.8) is 0 Å². The standard InChI is InChI=1S/C15H24NO3.HI/c1-4-16(3,5-2)10-14(18)12-19-15-9-7-6-8-13(15)11-17;/h6-9,11,14,18H,4-5,10,12H2,1-3H3;1H/q+1;/p-1. The van der Waals surface area contributed by atoms with E-state index in [-0.39, 0.29) is 30.6 Å². The quantitative estimate of drug-likeness (QED) is 0.341. The number of quaternary nitrogens is 1. The lowest BCUT2D eigenvalue weighted by Gasteiger charge is -2.33. The molecule has 0 heterocycles. The van der Waals surface area contributed by atoms with Crippen molar-refractivity contribution in [1.29, 1.82) is 0 Å². The highest BCUT2D eigenvalue weighted by Gasteiger charge is 2.22. The van der Waals surface area contributed by atoms with Crippen molar-refractivity contribution < 1.29 is 43.1 Å². The Bertz CT molecular complexity index is 408. The molecule has 4 nitrogen and oxygen atoms in total. The van der Waals surface area contributed by atoms with E-state index < -0.39 is 6.10 Å². The van der Waals surface area contributed by atoms with Gasteiger partial charge in [-0.15, -0.1) is 0 Å². The number of aliphatic hydroxyl groups excluding tert-OH is 1. The Labute approximate surface area is 138 Å². The molecule has 1 unspecified atom stereocenters. The van der Waals surface area contributed by atoms with Crippen LogP contribution < -0.4 is 28.7 Å². The predicted octanol–water partition coefficient (Wildman–Crippen LogP) is -1.27. The fraction of sp³-hybridized carbons (Fsp3) is 0.533. The molecule has 1 aromatic carbocycles. The molecule has 0 saturated carbocycles. The first kappa shape index (κ1) is 19.3. The Morgan fingerprint density at radius 2 is 1.90 bits per heavy atom. The lowest BCUT2D eigenvalue weighted by atomic mass is 10.2. The summed E-state index contributed by atoms with van der Waals surface area (Å²) < 4.78 is 6.34.